The van der Waals surface area contributed by atoms with E-state index in [4.69, 9.17) is 26.4 Å². The third-order valence-corrected chi connectivity index (χ3v) is 6.39. The van der Waals surface area contributed by atoms with Gasteiger partial charge in [0, 0.05) is 38.2 Å². The van der Waals surface area contributed by atoms with Crippen LogP contribution in [0, 0.1) is 4.77 Å². The molecule has 0 radical (unpaired) electrons. The Bertz CT molecular complexity index is 1170. The maximum absolute atomic E-state index is 13.1. The summed E-state index contributed by atoms with van der Waals surface area (Å²) in [6, 6.07) is 3.49. The lowest BCUT2D eigenvalue weighted by atomic mass is 10.0. The summed E-state index contributed by atoms with van der Waals surface area (Å²) in [6.07, 6.45) is 2.74. The molecule has 198 valence electrons. The number of likely N-dealkylation sites (tertiary alicyclic amines) is 1. The van der Waals surface area contributed by atoms with E-state index in [-0.39, 0.29) is 23.6 Å². The van der Waals surface area contributed by atoms with Crippen LogP contribution < -0.4 is 20.3 Å². The predicted molar refractivity (Wildman–Crippen MR) is 139 cm³/mol. The molecule has 0 atom stereocenters. The number of H-pyrrole nitrogens is 1. The summed E-state index contributed by atoms with van der Waals surface area (Å²) in [4.78, 5) is 42.1. The van der Waals surface area contributed by atoms with Crippen molar-refractivity contribution in [3.05, 3.63) is 27.3 Å². The molecule has 0 bridgehead atoms. The number of aromatic nitrogens is 2. The first-order chi connectivity index (χ1) is 17.4. The SMILES string of the molecule is CCOC(=O)N1CCC(NC(=O)CCCCn2c(=S)[nH]c3cc(OCC)c(OCC)cc3c2=O)CC1. The molecule has 2 heterocycles. The van der Waals surface area contributed by atoms with E-state index in [0.717, 1.165) is 0 Å². The van der Waals surface area contributed by atoms with Gasteiger partial charge in [-0.3, -0.25) is 14.2 Å². The molecule has 1 aliphatic heterocycles. The van der Waals surface area contributed by atoms with Crippen LogP contribution in [0.3, 0.4) is 0 Å². The number of nitrogens with zero attached hydrogens (tertiary/aromatic N) is 2. The third kappa shape index (κ3) is 6.99. The summed E-state index contributed by atoms with van der Waals surface area (Å²) in [5.74, 6) is 1.06. The highest BCUT2D eigenvalue weighted by Crippen LogP contribution is 2.30. The summed E-state index contributed by atoms with van der Waals surface area (Å²) in [5, 5.41) is 3.53. The van der Waals surface area contributed by atoms with Crippen LogP contribution in [0.2, 0.25) is 0 Å². The number of unbranched alkanes of at least 4 members (excludes halogenated alkanes) is 1. The standard InChI is InChI=1S/C25H36N4O6S/c1-4-33-20-15-18-19(16-21(20)34-5-2)27-24(36)29(23(18)31)12-8-7-9-22(30)26-17-10-13-28(14-11-17)25(32)35-6-3/h15-17H,4-14H2,1-3H3,(H,26,30)(H,27,36). The molecule has 36 heavy (non-hydrogen) atoms. The van der Waals surface area contributed by atoms with Crippen LogP contribution in [-0.2, 0) is 16.1 Å². The molecule has 3 rings (SSSR count). The van der Waals surface area contributed by atoms with Gasteiger partial charge in [-0.1, -0.05) is 0 Å². The molecular formula is C25H36N4O6S. The first kappa shape index (κ1) is 27.5. The zero-order valence-corrected chi connectivity index (χ0v) is 22.1. The van der Waals surface area contributed by atoms with Crippen LogP contribution in [0.15, 0.2) is 16.9 Å². The normalized spacial score (nSPS) is 14.0. The van der Waals surface area contributed by atoms with E-state index in [1.54, 1.807) is 24.0 Å². The molecule has 0 spiro atoms. The molecule has 1 aromatic heterocycles. The molecule has 0 unspecified atom stereocenters. The van der Waals surface area contributed by atoms with Gasteiger partial charge in [0.15, 0.2) is 16.3 Å². The first-order valence-electron chi connectivity index (χ1n) is 12.6. The predicted octanol–water partition coefficient (Wildman–Crippen LogP) is 3.76. The minimum atomic E-state index is -0.298. The van der Waals surface area contributed by atoms with Gasteiger partial charge in [0.05, 0.1) is 30.7 Å². The van der Waals surface area contributed by atoms with Gasteiger partial charge in [-0.15, -0.1) is 0 Å². The number of piperidine rings is 1. The third-order valence-electron chi connectivity index (χ3n) is 6.07. The van der Waals surface area contributed by atoms with Gasteiger partial charge in [-0.25, -0.2) is 4.79 Å². The number of amides is 2. The van der Waals surface area contributed by atoms with Crippen molar-refractivity contribution in [2.45, 2.75) is 65.5 Å². The van der Waals surface area contributed by atoms with Gasteiger partial charge < -0.3 is 29.4 Å². The van der Waals surface area contributed by atoms with Gasteiger partial charge in [0.1, 0.15) is 0 Å². The maximum atomic E-state index is 13.1. The van der Waals surface area contributed by atoms with Crippen molar-refractivity contribution in [3.63, 3.8) is 0 Å². The quantitative estimate of drug-likeness (QED) is 0.342. The molecule has 0 saturated carbocycles. The van der Waals surface area contributed by atoms with Crippen molar-refractivity contribution in [3.8, 4) is 11.5 Å². The highest BCUT2D eigenvalue weighted by atomic mass is 32.1. The highest BCUT2D eigenvalue weighted by molar-refractivity contribution is 7.71. The number of fused-ring (bicyclic) bond motifs is 1. The van der Waals surface area contributed by atoms with Crippen LogP contribution in [0.25, 0.3) is 10.9 Å². The average molecular weight is 521 g/mol. The highest BCUT2D eigenvalue weighted by Gasteiger charge is 2.24. The largest absolute Gasteiger partial charge is 0.490 e. The summed E-state index contributed by atoms with van der Waals surface area (Å²) in [6.45, 7) is 8.38. The Morgan fingerprint density at radius 1 is 1.06 bits per heavy atom. The lowest BCUT2D eigenvalue weighted by Crippen LogP contribution is -2.46. The van der Waals surface area contributed by atoms with Gasteiger partial charge in [-0.05, 0) is 64.7 Å². The number of benzene rings is 1. The van der Waals surface area contributed by atoms with Gasteiger partial charge >= 0.3 is 6.09 Å². The van der Waals surface area contributed by atoms with Crippen LogP contribution in [-0.4, -0.2) is 65.4 Å². The van der Waals surface area contributed by atoms with Crippen LogP contribution in [0.1, 0.15) is 52.9 Å². The molecule has 1 aromatic carbocycles. The van der Waals surface area contributed by atoms with Crippen LogP contribution >= 0.6 is 12.2 Å². The topological polar surface area (TPSA) is 115 Å². The second-order valence-electron chi connectivity index (χ2n) is 8.58. The number of nitrogens with one attached hydrogen (secondary N) is 2. The van der Waals surface area contributed by atoms with E-state index in [0.29, 0.717) is 98.7 Å². The molecule has 1 aliphatic rings. The fourth-order valence-corrected chi connectivity index (χ4v) is 4.56. The van der Waals surface area contributed by atoms with Crippen molar-refractivity contribution >= 4 is 35.1 Å². The van der Waals surface area contributed by atoms with Crippen LogP contribution in [0.4, 0.5) is 4.79 Å². The van der Waals surface area contributed by atoms with Crippen molar-refractivity contribution in [1.82, 2.24) is 19.8 Å². The summed E-state index contributed by atoms with van der Waals surface area (Å²) < 4.78 is 18.2. The smallest absolute Gasteiger partial charge is 0.409 e. The van der Waals surface area contributed by atoms with Crippen molar-refractivity contribution in [1.29, 1.82) is 0 Å². The second kappa shape index (κ2) is 13.3. The zero-order valence-electron chi connectivity index (χ0n) is 21.3. The van der Waals surface area contributed by atoms with E-state index in [2.05, 4.69) is 10.3 Å². The summed E-state index contributed by atoms with van der Waals surface area (Å²) >= 11 is 5.43. The second-order valence-corrected chi connectivity index (χ2v) is 8.97. The van der Waals surface area contributed by atoms with E-state index in [1.165, 1.54) is 4.57 Å². The molecular weight excluding hydrogens is 484 g/mol. The molecule has 2 N–H and O–H groups in total. The fraction of sp³-hybridized carbons (Fsp3) is 0.600. The Morgan fingerprint density at radius 3 is 2.36 bits per heavy atom. The molecule has 0 aliphatic carbocycles. The number of rotatable bonds is 11. The number of hydrogen-bond acceptors (Lipinski definition) is 7. The molecule has 10 nitrogen and oxygen atoms in total. The fourth-order valence-electron chi connectivity index (χ4n) is 4.28. The number of aromatic amines is 1. The van der Waals surface area contributed by atoms with Gasteiger partial charge in [0.2, 0.25) is 5.91 Å². The Morgan fingerprint density at radius 2 is 1.72 bits per heavy atom. The Labute approximate surface area is 215 Å². The number of carbonyl (C=O) groups is 2. The monoisotopic (exact) mass is 520 g/mol. The van der Waals surface area contributed by atoms with E-state index >= 15 is 0 Å². The van der Waals surface area contributed by atoms with E-state index < -0.39 is 0 Å². The lowest BCUT2D eigenvalue weighted by molar-refractivity contribution is -0.122. The van der Waals surface area contributed by atoms with Gasteiger partial charge in [-0.2, -0.15) is 0 Å². The molecule has 2 amide bonds. The first-order valence-corrected chi connectivity index (χ1v) is 13.1. The maximum Gasteiger partial charge on any atom is 0.409 e. The summed E-state index contributed by atoms with van der Waals surface area (Å²) in [5.41, 5.74) is 0.400. The van der Waals surface area contributed by atoms with E-state index in [1.807, 2.05) is 13.8 Å². The van der Waals surface area contributed by atoms with Crippen LogP contribution in [0.5, 0.6) is 11.5 Å². The average Bonchev–Trinajstić information content (AvgIpc) is 2.85. The minimum absolute atomic E-state index is 0.0228. The Balaban J connectivity index is 1.53. The van der Waals surface area contributed by atoms with Gasteiger partial charge in [0.25, 0.3) is 5.56 Å². The summed E-state index contributed by atoms with van der Waals surface area (Å²) in [7, 11) is 0. The Kier molecular flexibility index (Phi) is 10.2. The number of hydrogen-bond donors (Lipinski definition) is 2. The van der Waals surface area contributed by atoms with Crippen molar-refractivity contribution in [2.75, 3.05) is 32.9 Å². The zero-order chi connectivity index (χ0) is 26.1. The Hall–Kier alpha value is -3.08. The molecule has 1 fully saturated rings. The van der Waals surface area contributed by atoms with Crippen molar-refractivity contribution < 1.29 is 23.8 Å². The molecule has 1 saturated heterocycles. The molecule has 2 aromatic rings. The lowest BCUT2D eigenvalue weighted by Gasteiger charge is -2.31. The molecule has 11 heteroatoms. The van der Waals surface area contributed by atoms with Crippen molar-refractivity contribution in [2.24, 2.45) is 0 Å². The number of carbonyl (C=O) groups excluding carboxylic acids is 2. The minimum Gasteiger partial charge on any atom is -0.490 e. The van der Waals surface area contributed by atoms with E-state index in [9.17, 15) is 14.4 Å². The number of ether oxygens (including phenoxy) is 3.